The van der Waals surface area contributed by atoms with Gasteiger partial charge in [0.1, 0.15) is 0 Å². The molecule has 0 fully saturated rings. The smallest absolute Gasteiger partial charge is 0.169 e. The molecule has 1 N–H and O–H groups in total. The third-order valence-corrected chi connectivity index (χ3v) is 1.78. The molecule has 0 aliphatic rings. The van der Waals surface area contributed by atoms with Gasteiger partial charge in [-0.1, -0.05) is 5.92 Å². The minimum atomic E-state index is -0.313. The maximum Gasteiger partial charge on any atom is 0.169 e. The average molecular weight is 199 g/mol. The average Bonchev–Trinajstić information content (AvgIpc) is 2.15. The standard InChI is InChI=1S/C11H21NO2/c1-6-11(4,5)12-9-10(13-7-2)14-8-3/h1,10,12H,7-9H2,2-5H3. The van der Waals surface area contributed by atoms with Crippen LogP contribution in [0.1, 0.15) is 27.7 Å². The minimum Gasteiger partial charge on any atom is -0.352 e. The van der Waals surface area contributed by atoms with E-state index in [1.54, 1.807) is 0 Å². The van der Waals surface area contributed by atoms with Crippen molar-refractivity contribution in [2.45, 2.75) is 39.5 Å². The first kappa shape index (κ1) is 13.4. The predicted octanol–water partition coefficient (Wildman–Crippen LogP) is 1.39. The molecule has 0 bridgehead atoms. The highest BCUT2D eigenvalue weighted by Gasteiger charge is 2.16. The fourth-order valence-corrected chi connectivity index (χ4v) is 0.927. The van der Waals surface area contributed by atoms with Crippen molar-refractivity contribution >= 4 is 0 Å². The van der Waals surface area contributed by atoms with Crippen molar-refractivity contribution in [1.29, 1.82) is 0 Å². The van der Waals surface area contributed by atoms with E-state index in [4.69, 9.17) is 15.9 Å². The van der Waals surface area contributed by atoms with Crippen molar-refractivity contribution in [2.75, 3.05) is 19.8 Å². The van der Waals surface area contributed by atoms with E-state index in [-0.39, 0.29) is 11.8 Å². The number of hydrogen-bond acceptors (Lipinski definition) is 3. The Kier molecular flexibility index (Phi) is 6.56. The molecule has 0 aliphatic heterocycles. The van der Waals surface area contributed by atoms with Crippen molar-refractivity contribution in [2.24, 2.45) is 0 Å². The largest absolute Gasteiger partial charge is 0.352 e. The van der Waals surface area contributed by atoms with Gasteiger partial charge >= 0.3 is 0 Å². The Morgan fingerprint density at radius 3 is 2.14 bits per heavy atom. The monoisotopic (exact) mass is 199 g/mol. The molecule has 0 aromatic rings. The molecule has 3 heteroatoms. The molecular weight excluding hydrogens is 178 g/mol. The number of rotatable bonds is 7. The fraction of sp³-hybridized carbons (Fsp3) is 0.818. The second-order valence-electron chi connectivity index (χ2n) is 3.49. The van der Waals surface area contributed by atoms with Gasteiger partial charge in [0.2, 0.25) is 0 Å². The third kappa shape index (κ3) is 5.98. The number of terminal acetylenes is 1. The molecule has 0 unspecified atom stereocenters. The highest BCUT2D eigenvalue weighted by atomic mass is 16.7. The van der Waals surface area contributed by atoms with Gasteiger partial charge in [0.15, 0.2) is 6.29 Å². The molecule has 0 spiro atoms. The molecule has 3 nitrogen and oxygen atoms in total. The lowest BCUT2D eigenvalue weighted by molar-refractivity contribution is -0.134. The Bertz CT molecular complexity index is 178. The molecule has 0 amide bonds. The van der Waals surface area contributed by atoms with Gasteiger partial charge in [-0.15, -0.1) is 6.42 Å². The van der Waals surface area contributed by atoms with Gasteiger partial charge in [-0.05, 0) is 27.7 Å². The Hall–Kier alpha value is -0.560. The summed E-state index contributed by atoms with van der Waals surface area (Å²) in [7, 11) is 0. The Morgan fingerprint density at radius 1 is 1.29 bits per heavy atom. The topological polar surface area (TPSA) is 30.5 Å². The summed E-state index contributed by atoms with van der Waals surface area (Å²) in [4.78, 5) is 0. The van der Waals surface area contributed by atoms with Gasteiger partial charge in [-0.25, -0.2) is 0 Å². The van der Waals surface area contributed by atoms with Crippen LogP contribution in [0.4, 0.5) is 0 Å². The van der Waals surface area contributed by atoms with E-state index >= 15 is 0 Å². The second-order valence-corrected chi connectivity index (χ2v) is 3.49. The molecular formula is C11H21NO2. The summed E-state index contributed by atoms with van der Waals surface area (Å²) in [6.07, 6.45) is 5.14. The Balaban J connectivity index is 3.87. The molecule has 82 valence electrons. The lowest BCUT2D eigenvalue weighted by atomic mass is 10.1. The van der Waals surface area contributed by atoms with Crippen molar-refractivity contribution in [1.82, 2.24) is 5.32 Å². The van der Waals surface area contributed by atoms with Crippen LogP contribution in [0, 0.1) is 12.3 Å². The first-order valence-corrected chi connectivity index (χ1v) is 5.01. The second kappa shape index (κ2) is 6.83. The zero-order valence-electron chi connectivity index (χ0n) is 9.59. The van der Waals surface area contributed by atoms with Crippen LogP contribution in [0.2, 0.25) is 0 Å². The lowest BCUT2D eigenvalue weighted by Crippen LogP contribution is -2.43. The van der Waals surface area contributed by atoms with E-state index in [0.717, 1.165) is 0 Å². The van der Waals surface area contributed by atoms with Crippen molar-refractivity contribution < 1.29 is 9.47 Å². The predicted molar refractivity (Wildman–Crippen MR) is 58.0 cm³/mol. The highest BCUT2D eigenvalue weighted by molar-refractivity contribution is 5.07. The van der Waals surface area contributed by atoms with Crippen LogP contribution in [-0.2, 0) is 9.47 Å². The first-order chi connectivity index (χ1) is 6.55. The van der Waals surface area contributed by atoms with Crippen LogP contribution < -0.4 is 5.32 Å². The van der Waals surface area contributed by atoms with Crippen LogP contribution in [0.15, 0.2) is 0 Å². The molecule has 0 saturated carbocycles. The zero-order chi connectivity index (χ0) is 11.0. The summed E-state index contributed by atoms with van der Waals surface area (Å²) in [5.74, 6) is 2.66. The van der Waals surface area contributed by atoms with Crippen LogP contribution in [-0.4, -0.2) is 31.6 Å². The first-order valence-electron chi connectivity index (χ1n) is 5.01. The van der Waals surface area contributed by atoms with Crippen LogP contribution >= 0.6 is 0 Å². The number of nitrogens with one attached hydrogen (secondary N) is 1. The minimum absolute atomic E-state index is 0.211. The van der Waals surface area contributed by atoms with Gasteiger partial charge in [0, 0.05) is 19.8 Å². The number of hydrogen-bond donors (Lipinski definition) is 1. The third-order valence-electron chi connectivity index (χ3n) is 1.78. The molecule has 0 rings (SSSR count). The number of ether oxygens (including phenoxy) is 2. The quantitative estimate of drug-likeness (QED) is 0.496. The van der Waals surface area contributed by atoms with E-state index < -0.39 is 0 Å². The molecule has 0 saturated heterocycles. The van der Waals surface area contributed by atoms with E-state index in [1.165, 1.54) is 0 Å². The van der Waals surface area contributed by atoms with E-state index in [9.17, 15) is 0 Å². The van der Waals surface area contributed by atoms with Crippen LogP contribution in [0.25, 0.3) is 0 Å². The molecule has 0 aromatic heterocycles. The van der Waals surface area contributed by atoms with Crippen molar-refractivity contribution in [3.05, 3.63) is 0 Å². The van der Waals surface area contributed by atoms with Crippen molar-refractivity contribution in [3.63, 3.8) is 0 Å². The molecule has 0 heterocycles. The summed E-state index contributed by atoms with van der Waals surface area (Å²) >= 11 is 0. The van der Waals surface area contributed by atoms with Gasteiger partial charge in [-0.3, -0.25) is 5.32 Å². The SMILES string of the molecule is C#CC(C)(C)NCC(OCC)OCC. The van der Waals surface area contributed by atoms with E-state index in [2.05, 4.69) is 11.2 Å². The maximum absolute atomic E-state index is 5.37. The maximum atomic E-state index is 5.37. The summed E-state index contributed by atoms with van der Waals surface area (Å²) in [6.45, 7) is 9.67. The van der Waals surface area contributed by atoms with Crippen molar-refractivity contribution in [3.8, 4) is 12.3 Å². The van der Waals surface area contributed by atoms with Crippen LogP contribution in [0.3, 0.4) is 0 Å². The fourth-order valence-electron chi connectivity index (χ4n) is 0.927. The summed E-state index contributed by atoms with van der Waals surface area (Å²) in [5.41, 5.74) is -0.313. The van der Waals surface area contributed by atoms with E-state index in [1.807, 2.05) is 27.7 Å². The van der Waals surface area contributed by atoms with Gasteiger partial charge in [-0.2, -0.15) is 0 Å². The molecule has 0 aromatic carbocycles. The van der Waals surface area contributed by atoms with Gasteiger partial charge < -0.3 is 9.47 Å². The molecule has 0 radical (unpaired) electrons. The normalized spacial score (nSPS) is 11.7. The molecule has 0 atom stereocenters. The Labute approximate surface area is 87.2 Å². The zero-order valence-corrected chi connectivity index (χ0v) is 9.59. The highest BCUT2D eigenvalue weighted by Crippen LogP contribution is 2.01. The van der Waals surface area contributed by atoms with Gasteiger partial charge in [0.25, 0.3) is 0 Å². The molecule has 0 aliphatic carbocycles. The summed E-state index contributed by atoms with van der Waals surface area (Å²) < 4.78 is 10.7. The Morgan fingerprint density at radius 2 is 1.79 bits per heavy atom. The summed E-state index contributed by atoms with van der Waals surface area (Å²) in [5, 5.41) is 3.19. The van der Waals surface area contributed by atoms with E-state index in [0.29, 0.717) is 19.8 Å². The van der Waals surface area contributed by atoms with Crippen LogP contribution in [0.5, 0.6) is 0 Å². The molecule has 14 heavy (non-hydrogen) atoms. The lowest BCUT2D eigenvalue weighted by Gasteiger charge is -2.24. The van der Waals surface area contributed by atoms with Gasteiger partial charge in [0.05, 0.1) is 5.54 Å². The summed E-state index contributed by atoms with van der Waals surface area (Å²) in [6, 6.07) is 0.